The van der Waals surface area contributed by atoms with E-state index in [1.165, 1.54) is 0 Å². The SMILES string of the molecule is OC(CCCl)CCC1OCCO1. The van der Waals surface area contributed by atoms with E-state index in [1.54, 1.807) is 0 Å². The van der Waals surface area contributed by atoms with Crippen molar-refractivity contribution in [2.45, 2.75) is 31.7 Å². The Morgan fingerprint density at radius 2 is 2.00 bits per heavy atom. The number of hydrogen-bond donors (Lipinski definition) is 1. The van der Waals surface area contributed by atoms with Crippen LogP contribution in [0.15, 0.2) is 0 Å². The zero-order valence-electron chi connectivity index (χ0n) is 7.04. The first-order valence-electron chi connectivity index (χ1n) is 4.30. The number of rotatable bonds is 5. The van der Waals surface area contributed by atoms with Gasteiger partial charge in [-0.15, -0.1) is 11.6 Å². The maximum atomic E-state index is 9.31. The van der Waals surface area contributed by atoms with Crippen molar-refractivity contribution < 1.29 is 14.6 Å². The van der Waals surface area contributed by atoms with Crippen LogP contribution in [0.25, 0.3) is 0 Å². The first-order chi connectivity index (χ1) is 5.83. The highest BCUT2D eigenvalue weighted by atomic mass is 35.5. The van der Waals surface area contributed by atoms with E-state index < -0.39 is 0 Å². The van der Waals surface area contributed by atoms with Crippen molar-refractivity contribution in [2.24, 2.45) is 0 Å². The second-order valence-corrected chi connectivity index (χ2v) is 3.26. The van der Waals surface area contributed by atoms with Crippen LogP contribution in [-0.4, -0.2) is 36.6 Å². The summed E-state index contributed by atoms with van der Waals surface area (Å²) in [5.74, 6) is 0.507. The molecule has 0 spiro atoms. The molecular formula is C8H15ClO3. The largest absolute Gasteiger partial charge is 0.393 e. The van der Waals surface area contributed by atoms with Gasteiger partial charge in [-0.05, 0) is 12.8 Å². The Labute approximate surface area is 77.6 Å². The minimum absolute atomic E-state index is 0.102. The van der Waals surface area contributed by atoms with Crippen molar-refractivity contribution in [3.05, 3.63) is 0 Å². The molecule has 1 fully saturated rings. The van der Waals surface area contributed by atoms with Gasteiger partial charge in [-0.2, -0.15) is 0 Å². The maximum absolute atomic E-state index is 9.31. The Morgan fingerprint density at radius 3 is 2.58 bits per heavy atom. The summed E-state index contributed by atoms with van der Waals surface area (Å²) in [4.78, 5) is 0. The van der Waals surface area contributed by atoms with Gasteiger partial charge in [-0.3, -0.25) is 0 Å². The summed E-state index contributed by atoms with van der Waals surface area (Å²) in [6.45, 7) is 1.35. The number of halogens is 1. The van der Waals surface area contributed by atoms with Gasteiger partial charge in [0.05, 0.1) is 19.3 Å². The molecule has 12 heavy (non-hydrogen) atoms. The van der Waals surface area contributed by atoms with Crippen molar-refractivity contribution in [1.29, 1.82) is 0 Å². The molecule has 0 amide bonds. The average molecular weight is 195 g/mol. The third-order valence-corrected chi connectivity index (χ3v) is 2.09. The van der Waals surface area contributed by atoms with Crippen molar-refractivity contribution in [2.75, 3.05) is 19.1 Å². The maximum Gasteiger partial charge on any atom is 0.157 e. The van der Waals surface area contributed by atoms with E-state index >= 15 is 0 Å². The van der Waals surface area contributed by atoms with Crippen LogP contribution in [0.4, 0.5) is 0 Å². The Bertz CT molecular complexity index is 115. The van der Waals surface area contributed by atoms with E-state index in [2.05, 4.69) is 0 Å². The van der Waals surface area contributed by atoms with Gasteiger partial charge in [0.1, 0.15) is 0 Å². The fourth-order valence-corrected chi connectivity index (χ4v) is 1.42. The molecule has 1 rings (SSSR count). The number of aliphatic hydroxyl groups is 1. The van der Waals surface area contributed by atoms with Crippen LogP contribution < -0.4 is 0 Å². The molecule has 1 atom stereocenters. The Morgan fingerprint density at radius 1 is 1.33 bits per heavy atom. The topological polar surface area (TPSA) is 38.7 Å². The van der Waals surface area contributed by atoms with Crippen LogP contribution >= 0.6 is 11.6 Å². The Kier molecular flexibility index (Phi) is 4.92. The number of hydrogen-bond acceptors (Lipinski definition) is 3. The average Bonchev–Trinajstić information content (AvgIpc) is 2.53. The third kappa shape index (κ3) is 3.72. The molecule has 72 valence electrons. The van der Waals surface area contributed by atoms with Crippen molar-refractivity contribution in [3.8, 4) is 0 Å². The molecular weight excluding hydrogens is 180 g/mol. The number of aliphatic hydroxyl groups excluding tert-OH is 1. The molecule has 0 aromatic carbocycles. The fraction of sp³-hybridized carbons (Fsp3) is 1.00. The fourth-order valence-electron chi connectivity index (χ4n) is 1.17. The Hall–Kier alpha value is 0.170. The smallest absolute Gasteiger partial charge is 0.157 e. The number of ether oxygens (including phenoxy) is 2. The summed E-state index contributed by atoms with van der Waals surface area (Å²) < 4.78 is 10.4. The van der Waals surface area contributed by atoms with E-state index in [-0.39, 0.29) is 12.4 Å². The van der Waals surface area contributed by atoms with Gasteiger partial charge >= 0.3 is 0 Å². The molecule has 0 aromatic heterocycles. The summed E-state index contributed by atoms with van der Waals surface area (Å²) in [6, 6.07) is 0. The minimum atomic E-state index is -0.310. The van der Waals surface area contributed by atoms with E-state index in [0.717, 1.165) is 6.42 Å². The van der Waals surface area contributed by atoms with E-state index in [0.29, 0.717) is 31.9 Å². The standard InChI is InChI=1S/C8H15ClO3/c9-4-3-7(10)1-2-8-11-5-6-12-8/h7-8,10H,1-6H2. The van der Waals surface area contributed by atoms with Crippen LogP contribution in [0.2, 0.25) is 0 Å². The lowest BCUT2D eigenvalue weighted by Crippen LogP contribution is -2.14. The van der Waals surface area contributed by atoms with Crippen molar-refractivity contribution >= 4 is 11.6 Å². The van der Waals surface area contributed by atoms with Gasteiger partial charge in [0, 0.05) is 12.3 Å². The van der Waals surface area contributed by atoms with Crippen molar-refractivity contribution in [1.82, 2.24) is 0 Å². The van der Waals surface area contributed by atoms with E-state index in [4.69, 9.17) is 21.1 Å². The van der Waals surface area contributed by atoms with Crippen molar-refractivity contribution in [3.63, 3.8) is 0 Å². The monoisotopic (exact) mass is 194 g/mol. The molecule has 1 aliphatic rings. The lowest BCUT2D eigenvalue weighted by molar-refractivity contribution is -0.0540. The third-order valence-electron chi connectivity index (χ3n) is 1.87. The molecule has 0 radical (unpaired) electrons. The van der Waals surface area contributed by atoms with E-state index in [1.807, 2.05) is 0 Å². The highest BCUT2D eigenvalue weighted by Crippen LogP contribution is 2.13. The predicted octanol–water partition coefficient (Wildman–Crippen LogP) is 1.13. The summed E-state index contributed by atoms with van der Waals surface area (Å²) in [5, 5.41) is 9.31. The summed E-state index contributed by atoms with van der Waals surface area (Å²) >= 11 is 5.47. The van der Waals surface area contributed by atoms with Gasteiger partial charge < -0.3 is 14.6 Å². The lowest BCUT2D eigenvalue weighted by atomic mass is 10.1. The molecule has 1 aliphatic heterocycles. The molecule has 1 unspecified atom stereocenters. The van der Waals surface area contributed by atoms with Crippen LogP contribution in [0.3, 0.4) is 0 Å². The van der Waals surface area contributed by atoms with Crippen LogP contribution in [0.1, 0.15) is 19.3 Å². The summed E-state index contributed by atoms with van der Waals surface area (Å²) in [7, 11) is 0. The zero-order valence-corrected chi connectivity index (χ0v) is 7.79. The quantitative estimate of drug-likeness (QED) is 0.667. The second kappa shape index (κ2) is 5.75. The van der Waals surface area contributed by atoms with Crippen LogP contribution in [-0.2, 0) is 9.47 Å². The highest BCUT2D eigenvalue weighted by Gasteiger charge is 2.16. The normalized spacial score (nSPS) is 21.5. The molecule has 0 aliphatic carbocycles. The Balaban J connectivity index is 1.99. The summed E-state index contributed by atoms with van der Waals surface area (Å²) in [5.41, 5.74) is 0. The zero-order chi connectivity index (χ0) is 8.81. The predicted molar refractivity (Wildman–Crippen MR) is 46.3 cm³/mol. The second-order valence-electron chi connectivity index (χ2n) is 2.88. The highest BCUT2D eigenvalue weighted by molar-refractivity contribution is 6.17. The molecule has 1 N–H and O–H groups in total. The first-order valence-corrected chi connectivity index (χ1v) is 4.83. The van der Waals surface area contributed by atoms with Gasteiger partial charge in [-0.25, -0.2) is 0 Å². The molecule has 1 heterocycles. The van der Waals surface area contributed by atoms with E-state index in [9.17, 15) is 5.11 Å². The molecule has 3 nitrogen and oxygen atoms in total. The minimum Gasteiger partial charge on any atom is -0.393 e. The first kappa shape index (κ1) is 10.3. The van der Waals surface area contributed by atoms with Gasteiger partial charge in [0.2, 0.25) is 0 Å². The molecule has 4 heteroatoms. The number of alkyl halides is 1. The van der Waals surface area contributed by atoms with Gasteiger partial charge in [0.25, 0.3) is 0 Å². The lowest BCUT2D eigenvalue weighted by Gasteiger charge is -2.11. The molecule has 1 saturated heterocycles. The van der Waals surface area contributed by atoms with Crippen LogP contribution in [0.5, 0.6) is 0 Å². The van der Waals surface area contributed by atoms with Gasteiger partial charge in [-0.1, -0.05) is 0 Å². The molecule has 0 bridgehead atoms. The van der Waals surface area contributed by atoms with Gasteiger partial charge in [0.15, 0.2) is 6.29 Å². The summed E-state index contributed by atoms with van der Waals surface area (Å²) in [6.07, 6.45) is 1.70. The molecule has 0 aromatic rings. The van der Waals surface area contributed by atoms with Crippen LogP contribution in [0, 0.1) is 0 Å². The molecule has 0 saturated carbocycles.